The van der Waals surface area contributed by atoms with Crippen molar-refractivity contribution in [1.82, 2.24) is 0 Å². The summed E-state index contributed by atoms with van der Waals surface area (Å²) in [5.41, 5.74) is 1.08. The van der Waals surface area contributed by atoms with E-state index in [1.165, 1.54) is 4.46 Å². The summed E-state index contributed by atoms with van der Waals surface area (Å²) < 4.78 is 2.07. The van der Waals surface area contributed by atoms with Crippen LogP contribution in [-0.2, 0) is 4.79 Å². The van der Waals surface area contributed by atoms with Crippen molar-refractivity contribution in [3.05, 3.63) is 70.7 Å². The summed E-state index contributed by atoms with van der Waals surface area (Å²) in [6.45, 7) is 0. The molecule has 0 saturated carbocycles. The third-order valence-electron chi connectivity index (χ3n) is 2.20. The van der Waals surface area contributed by atoms with Crippen LogP contribution in [-0.4, -0.2) is 21.2 Å². The first-order valence-corrected chi connectivity index (χ1v) is 7.04. The molecule has 0 atom stereocenters. The zero-order chi connectivity index (χ0) is 11.9. The number of rotatable bonds is 4. The number of aldehydes is 1. The normalized spacial score (nSPS) is 11.2. The fourth-order valence-corrected chi connectivity index (χ4v) is 3.12. The van der Waals surface area contributed by atoms with Crippen molar-refractivity contribution in [1.29, 1.82) is 0 Å². The van der Waals surface area contributed by atoms with Crippen LogP contribution in [0.5, 0.6) is 0 Å². The summed E-state index contributed by atoms with van der Waals surface area (Å²) in [7, 11) is 0. The van der Waals surface area contributed by atoms with Gasteiger partial charge in [-0.05, 0) is 0 Å². The van der Waals surface area contributed by atoms with Gasteiger partial charge in [-0.3, -0.25) is 0 Å². The van der Waals surface area contributed by atoms with E-state index in [9.17, 15) is 4.79 Å². The Hall–Kier alpha value is -1.63. The molecule has 0 radical (unpaired) electrons. The molecule has 0 spiro atoms. The van der Waals surface area contributed by atoms with Crippen LogP contribution in [0.2, 0.25) is 0 Å². The average molecular weight is 287 g/mol. The monoisotopic (exact) mass is 288 g/mol. The van der Waals surface area contributed by atoms with Crippen LogP contribution in [0, 0.1) is 0 Å². The maximum absolute atomic E-state index is 11.1. The van der Waals surface area contributed by atoms with Crippen LogP contribution in [0.3, 0.4) is 0 Å². The zero-order valence-electron chi connectivity index (χ0n) is 9.24. The van der Waals surface area contributed by atoms with Crippen LogP contribution >= 0.6 is 0 Å². The van der Waals surface area contributed by atoms with E-state index >= 15 is 0 Å². The predicted octanol–water partition coefficient (Wildman–Crippen LogP) is 2.26. The molecule has 0 unspecified atom stereocenters. The van der Waals surface area contributed by atoms with Crippen LogP contribution in [0.15, 0.2) is 65.1 Å². The summed E-state index contributed by atoms with van der Waals surface area (Å²) >= 11 is 0.0822. The van der Waals surface area contributed by atoms with Crippen LogP contribution in [0.4, 0.5) is 0 Å². The van der Waals surface area contributed by atoms with Crippen molar-refractivity contribution in [3.63, 3.8) is 0 Å². The maximum atomic E-state index is 11.1. The van der Waals surface area contributed by atoms with Gasteiger partial charge in [-0.15, -0.1) is 0 Å². The Labute approximate surface area is 107 Å². The number of hydrogen-bond donors (Lipinski definition) is 0. The molecule has 0 aliphatic heterocycles. The summed E-state index contributed by atoms with van der Waals surface area (Å²) in [6.07, 6.45) is 2.92. The first-order chi connectivity index (χ1) is 8.38. The zero-order valence-corrected chi connectivity index (χ0v) is 11.0. The third-order valence-corrected chi connectivity index (χ3v) is 4.21. The van der Waals surface area contributed by atoms with Crippen molar-refractivity contribution < 1.29 is 4.79 Å². The molecule has 0 heterocycles. The van der Waals surface area contributed by atoms with Crippen LogP contribution in [0.25, 0.3) is 6.08 Å². The van der Waals surface area contributed by atoms with Crippen molar-refractivity contribution in [2.24, 2.45) is 0 Å². The Bertz CT molecular complexity index is 503. The molecule has 17 heavy (non-hydrogen) atoms. The standard InChI is InChI=1S/C15H12OSe/c16-12-15(11-13-7-3-1-4-8-13)17-14-9-5-2-6-10-14/h1-12H. The quantitative estimate of drug-likeness (QED) is 0.479. The Morgan fingerprint density at radius 2 is 1.47 bits per heavy atom. The summed E-state index contributed by atoms with van der Waals surface area (Å²) in [4.78, 5) is 11.1. The van der Waals surface area contributed by atoms with Gasteiger partial charge in [0.15, 0.2) is 0 Å². The van der Waals surface area contributed by atoms with Gasteiger partial charge in [0.2, 0.25) is 0 Å². The van der Waals surface area contributed by atoms with Gasteiger partial charge in [0.1, 0.15) is 0 Å². The number of carbonyl (C=O) groups excluding carboxylic acids is 1. The fourth-order valence-electron chi connectivity index (χ4n) is 1.43. The second-order valence-corrected chi connectivity index (χ2v) is 5.90. The van der Waals surface area contributed by atoms with Gasteiger partial charge in [0, 0.05) is 0 Å². The van der Waals surface area contributed by atoms with E-state index in [-0.39, 0.29) is 15.0 Å². The fraction of sp³-hybridized carbons (Fsp3) is 0. The van der Waals surface area contributed by atoms with Crippen molar-refractivity contribution in [2.75, 3.05) is 0 Å². The second kappa shape index (κ2) is 6.19. The van der Waals surface area contributed by atoms with Gasteiger partial charge in [0.05, 0.1) is 0 Å². The van der Waals surface area contributed by atoms with E-state index in [1.807, 2.05) is 54.6 Å². The molecule has 1 nitrogen and oxygen atoms in total. The molecule has 0 aromatic heterocycles. The van der Waals surface area contributed by atoms with Gasteiger partial charge in [-0.2, -0.15) is 0 Å². The molecule has 2 heteroatoms. The Morgan fingerprint density at radius 1 is 0.882 bits per heavy atom. The second-order valence-electron chi connectivity index (χ2n) is 3.49. The van der Waals surface area contributed by atoms with E-state index < -0.39 is 0 Å². The van der Waals surface area contributed by atoms with Gasteiger partial charge in [-0.1, -0.05) is 0 Å². The molecule has 0 aliphatic rings. The Morgan fingerprint density at radius 3 is 2.06 bits per heavy atom. The van der Waals surface area contributed by atoms with Crippen molar-refractivity contribution in [3.8, 4) is 0 Å². The van der Waals surface area contributed by atoms with E-state index in [0.717, 1.165) is 16.3 Å². The number of hydrogen-bond acceptors (Lipinski definition) is 1. The van der Waals surface area contributed by atoms with E-state index in [0.29, 0.717) is 0 Å². The Kier molecular flexibility index (Phi) is 4.31. The number of carbonyl (C=O) groups is 1. The molecule has 2 aromatic carbocycles. The van der Waals surface area contributed by atoms with E-state index in [4.69, 9.17) is 0 Å². The average Bonchev–Trinajstić information content (AvgIpc) is 2.40. The van der Waals surface area contributed by atoms with Crippen LogP contribution < -0.4 is 4.46 Å². The number of allylic oxidation sites excluding steroid dienone is 1. The molecule has 0 N–H and O–H groups in total. The summed E-state index contributed by atoms with van der Waals surface area (Å²) in [5, 5.41) is 0. The van der Waals surface area contributed by atoms with Gasteiger partial charge < -0.3 is 0 Å². The summed E-state index contributed by atoms with van der Waals surface area (Å²) in [5.74, 6) is 0. The third kappa shape index (κ3) is 3.70. The molecule has 0 fully saturated rings. The van der Waals surface area contributed by atoms with Gasteiger partial charge in [0.25, 0.3) is 0 Å². The first-order valence-electron chi connectivity index (χ1n) is 5.33. The molecule has 0 amide bonds. The van der Waals surface area contributed by atoms with Gasteiger partial charge >= 0.3 is 107 Å². The Balaban J connectivity index is 2.18. The SMILES string of the molecule is O=CC(=Cc1ccccc1)[Se]c1ccccc1. The van der Waals surface area contributed by atoms with Crippen molar-refractivity contribution in [2.45, 2.75) is 0 Å². The molecule has 0 bridgehead atoms. The minimum atomic E-state index is 0.0822. The molecule has 2 aromatic rings. The molecule has 2 rings (SSSR count). The van der Waals surface area contributed by atoms with E-state index in [1.54, 1.807) is 0 Å². The van der Waals surface area contributed by atoms with E-state index in [2.05, 4.69) is 12.1 Å². The van der Waals surface area contributed by atoms with Gasteiger partial charge in [-0.25, -0.2) is 0 Å². The molecular weight excluding hydrogens is 275 g/mol. The molecular formula is C15H12OSe. The molecule has 0 saturated heterocycles. The molecule has 84 valence electrons. The minimum absolute atomic E-state index is 0.0822. The van der Waals surface area contributed by atoms with Crippen LogP contribution in [0.1, 0.15) is 5.56 Å². The topological polar surface area (TPSA) is 17.1 Å². The van der Waals surface area contributed by atoms with Crippen molar-refractivity contribution >= 4 is 31.8 Å². The summed E-state index contributed by atoms with van der Waals surface area (Å²) in [6, 6.07) is 20.0. The first kappa shape index (κ1) is 11.8. The predicted molar refractivity (Wildman–Crippen MR) is 72.3 cm³/mol. The molecule has 0 aliphatic carbocycles. The number of benzene rings is 2.